The van der Waals surface area contributed by atoms with Gasteiger partial charge in [0.05, 0.1) is 22.9 Å². The first-order valence-electron chi connectivity index (χ1n) is 8.37. The molecule has 0 N–H and O–H groups in total. The average Bonchev–Trinajstić information content (AvgIpc) is 3.00. The number of aromatic nitrogens is 3. The van der Waals surface area contributed by atoms with Gasteiger partial charge in [0, 0.05) is 23.2 Å². The minimum atomic E-state index is -0.421. The van der Waals surface area contributed by atoms with Crippen LogP contribution in [0.15, 0.2) is 58.6 Å². The highest BCUT2D eigenvalue weighted by Gasteiger charge is 2.21. The molecule has 3 aromatic rings. The van der Waals surface area contributed by atoms with Crippen LogP contribution in [0.1, 0.15) is 41.8 Å². The van der Waals surface area contributed by atoms with Crippen molar-refractivity contribution >= 4 is 23.7 Å². The van der Waals surface area contributed by atoms with Crippen LogP contribution in [-0.2, 0) is 6.54 Å². The number of nitro groups is 1. The fraction of sp³-hybridized carbons (Fsp3) is 0.211. The molecular weight excluding hydrogens is 364 g/mol. The molecule has 27 heavy (non-hydrogen) atoms. The van der Waals surface area contributed by atoms with Crippen molar-refractivity contribution in [3.8, 4) is 0 Å². The molecule has 7 nitrogen and oxygen atoms in total. The van der Waals surface area contributed by atoms with Crippen LogP contribution in [0.5, 0.6) is 0 Å². The maximum atomic E-state index is 11.6. The van der Waals surface area contributed by atoms with Gasteiger partial charge in [-0.25, -0.2) is 4.98 Å². The smallest absolute Gasteiger partial charge is 0.270 e. The number of carbonyl (C=O) groups excluding carboxylic acids is 1. The summed E-state index contributed by atoms with van der Waals surface area (Å²) in [6.45, 7) is 4.39. The predicted octanol–water partition coefficient (Wildman–Crippen LogP) is 4.32. The Balaban J connectivity index is 2.06. The first kappa shape index (κ1) is 18.8. The van der Waals surface area contributed by atoms with E-state index in [4.69, 9.17) is 0 Å². The van der Waals surface area contributed by atoms with Gasteiger partial charge in [0.25, 0.3) is 5.69 Å². The molecule has 8 heteroatoms. The summed E-state index contributed by atoms with van der Waals surface area (Å²) in [5.41, 5.74) is 1.61. The highest BCUT2D eigenvalue weighted by atomic mass is 32.2. The van der Waals surface area contributed by atoms with Gasteiger partial charge in [-0.1, -0.05) is 37.7 Å². The number of nitro benzene ring substituents is 1. The monoisotopic (exact) mass is 382 g/mol. The molecule has 0 atom stereocenters. The number of pyridine rings is 1. The normalized spacial score (nSPS) is 10.9. The van der Waals surface area contributed by atoms with Crippen molar-refractivity contribution in [1.29, 1.82) is 0 Å². The summed E-state index contributed by atoms with van der Waals surface area (Å²) >= 11 is 1.37. The number of hydrogen-bond donors (Lipinski definition) is 0. The Hall–Kier alpha value is -3.00. The molecule has 138 valence electrons. The van der Waals surface area contributed by atoms with E-state index in [1.54, 1.807) is 18.3 Å². The lowest BCUT2D eigenvalue weighted by Gasteiger charge is -2.12. The number of aldehydes is 1. The van der Waals surface area contributed by atoms with E-state index in [1.807, 2.05) is 36.6 Å². The van der Waals surface area contributed by atoms with Crippen molar-refractivity contribution in [2.24, 2.45) is 0 Å². The summed E-state index contributed by atoms with van der Waals surface area (Å²) in [6.07, 6.45) is 2.43. The third-order valence-electron chi connectivity index (χ3n) is 3.92. The lowest BCUT2D eigenvalue weighted by atomic mass is 10.1. The molecule has 0 saturated carbocycles. The lowest BCUT2D eigenvalue weighted by molar-refractivity contribution is -0.385. The second kappa shape index (κ2) is 8.13. The minimum absolute atomic E-state index is 0.0255. The molecule has 0 fully saturated rings. The Labute approximate surface area is 160 Å². The molecule has 0 aliphatic rings. The van der Waals surface area contributed by atoms with Crippen LogP contribution >= 0.6 is 11.8 Å². The van der Waals surface area contributed by atoms with Gasteiger partial charge in [-0.3, -0.25) is 19.9 Å². The fourth-order valence-electron chi connectivity index (χ4n) is 2.63. The van der Waals surface area contributed by atoms with Crippen molar-refractivity contribution < 1.29 is 9.72 Å². The van der Waals surface area contributed by atoms with Crippen molar-refractivity contribution in [3.63, 3.8) is 0 Å². The van der Waals surface area contributed by atoms with E-state index in [0.29, 0.717) is 17.3 Å². The lowest BCUT2D eigenvalue weighted by Crippen LogP contribution is -2.07. The molecule has 0 spiro atoms. The zero-order chi connectivity index (χ0) is 19.4. The molecule has 0 aliphatic heterocycles. The quantitative estimate of drug-likeness (QED) is 0.343. The van der Waals surface area contributed by atoms with Crippen molar-refractivity contribution in [2.75, 3.05) is 0 Å². The van der Waals surface area contributed by atoms with Gasteiger partial charge >= 0.3 is 0 Å². The Kier molecular flexibility index (Phi) is 5.66. The van der Waals surface area contributed by atoms with E-state index < -0.39 is 4.92 Å². The average molecular weight is 382 g/mol. The summed E-state index contributed by atoms with van der Waals surface area (Å²) < 4.78 is 1.81. The molecule has 0 saturated heterocycles. The maximum Gasteiger partial charge on any atom is 0.270 e. The van der Waals surface area contributed by atoms with Crippen LogP contribution < -0.4 is 0 Å². The van der Waals surface area contributed by atoms with Crippen LogP contribution in [0.3, 0.4) is 0 Å². The number of non-ortho nitro benzene ring substituents is 1. The Morgan fingerprint density at radius 3 is 2.70 bits per heavy atom. The van der Waals surface area contributed by atoms with E-state index in [1.165, 1.54) is 23.9 Å². The zero-order valence-electron chi connectivity index (χ0n) is 14.9. The number of carbonyl (C=O) groups is 1. The van der Waals surface area contributed by atoms with E-state index in [0.717, 1.165) is 22.7 Å². The summed E-state index contributed by atoms with van der Waals surface area (Å²) in [4.78, 5) is 31.8. The Morgan fingerprint density at radius 2 is 2.07 bits per heavy atom. The molecule has 0 amide bonds. The number of imidazole rings is 1. The van der Waals surface area contributed by atoms with Crippen LogP contribution in [0.4, 0.5) is 5.69 Å². The summed E-state index contributed by atoms with van der Waals surface area (Å²) in [5, 5.41) is 11.9. The third-order valence-corrected chi connectivity index (χ3v) is 5.03. The predicted molar refractivity (Wildman–Crippen MR) is 102 cm³/mol. The Morgan fingerprint density at radius 1 is 1.26 bits per heavy atom. The van der Waals surface area contributed by atoms with Crippen LogP contribution in [0.2, 0.25) is 0 Å². The molecule has 0 radical (unpaired) electrons. The highest BCUT2D eigenvalue weighted by Crippen LogP contribution is 2.36. The topological polar surface area (TPSA) is 90.9 Å². The molecule has 0 unspecified atom stereocenters. The summed E-state index contributed by atoms with van der Waals surface area (Å²) in [5.74, 6) is 0.409. The van der Waals surface area contributed by atoms with Gasteiger partial charge in [0.15, 0.2) is 12.1 Å². The molecule has 1 aromatic carbocycles. The molecular formula is C19H18N4O3S. The van der Waals surface area contributed by atoms with Gasteiger partial charge in [0.2, 0.25) is 0 Å². The first-order chi connectivity index (χ1) is 13.0. The van der Waals surface area contributed by atoms with Crippen molar-refractivity contribution in [1.82, 2.24) is 14.5 Å². The molecule has 2 aromatic heterocycles. The second-order valence-corrected chi connectivity index (χ2v) is 7.26. The van der Waals surface area contributed by atoms with Gasteiger partial charge in [-0.2, -0.15) is 0 Å². The zero-order valence-corrected chi connectivity index (χ0v) is 15.7. The maximum absolute atomic E-state index is 11.6. The van der Waals surface area contributed by atoms with Crippen LogP contribution in [-0.4, -0.2) is 25.7 Å². The fourth-order valence-corrected chi connectivity index (χ4v) is 3.83. The number of hydrogen-bond acceptors (Lipinski definition) is 6. The SMILES string of the molecule is CC(C)c1nc(C=O)n(Cc2ccccn2)c1Sc1cccc([N+](=O)[O-])c1. The standard InChI is InChI=1S/C19H18N4O3S/c1-13(2)18-19(27-16-8-5-7-15(10-16)23(25)26)22(17(12-24)21-18)11-14-6-3-4-9-20-14/h3-10,12-13H,11H2,1-2H3. The molecule has 3 rings (SSSR count). The van der Waals surface area contributed by atoms with Gasteiger partial charge < -0.3 is 4.57 Å². The van der Waals surface area contributed by atoms with Crippen LogP contribution in [0.25, 0.3) is 0 Å². The number of rotatable bonds is 7. The number of nitrogens with zero attached hydrogens (tertiary/aromatic N) is 4. The van der Waals surface area contributed by atoms with Gasteiger partial charge in [-0.05, 0) is 24.1 Å². The van der Waals surface area contributed by atoms with E-state index in [9.17, 15) is 14.9 Å². The largest absolute Gasteiger partial charge is 0.310 e. The summed E-state index contributed by atoms with van der Waals surface area (Å²) in [7, 11) is 0. The highest BCUT2D eigenvalue weighted by molar-refractivity contribution is 7.99. The molecule has 0 bridgehead atoms. The first-order valence-corrected chi connectivity index (χ1v) is 9.19. The summed E-state index contributed by atoms with van der Waals surface area (Å²) in [6, 6.07) is 12.0. The van der Waals surface area contributed by atoms with Crippen molar-refractivity contribution in [3.05, 3.63) is 76.0 Å². The number of benzene rings is 1. The van der Waals surface area contributed by atoms with Crippen molar-refractivity contribution in [2.45, 2.75) is 36.2 Å². The Bertz CT molecular complexity index is 970. The van der Waals surface area contributed by atoms with E-state index in [-0.39, 0.29) is 11.6 Å². The van der Waals surface area contributed by atoms with Crippen LogP contribution in [0, 0.1) is 10.1 Å². The third kappa shape index (κ3) is 4.22. The second-order valence-electron chi connectivity index (χ2n) is 6.20. The van der Waals surface area contributed by atoms with Gasteiger partial charge in [-0.15, -0.1) is 0 Å². The van der Waals surface area contributed by atoms with Gasteiger partial charge in [0.1, 0.15) is 5.03 Å². The molecule has 2 heterocycles. The van der Waals surface area contributed by atoms with E-state index in [2.05, 4.69) is 9.97 Å². The molecule has 0 aliphatic carbocycles. The van der Waals surface area contributed by atoms with E-state index >= 15 is 0 Å². The minimum Gasteiger partial charge on any atom is -0.310 e.